The maximum Gasteiger partial charge on any atom is 0.315 e. The van der Waals surface area contributed by atoms with Crippen LogP contribution >= 0.6 is 11.8 Å². The number of hydrogen-bond acceptors (Lipinski definition) is 5. The first kappa shape index (κ1) is 22.7. The average Bonchev–Trinajstić information content (AvgIpc) is 3.38. The number of likely N-dealkylation sites (N-methyl/N-ethyl adjacent to an activating group) is 1. The predicted molar refractivity (Wildman–Crippen MR) is 134 cm³/mol. The summed E-state index contributed by atoms with van der Waals surface area (Å²) in [5.41, 5.74) is 3.23. The van der Waals surface area contributed by atoms with Crippen molar-refractivity contribution < 1.29 is 14.3 Å². The topological polar surface area (TPSA) is 70.7 Å². The van der Waals surface area contributed by atoms with E-state index in [1.54, 1.807) is 0 Å². The molecule has 0 spiro atoms. The second kappa shape index (κ2) is 9.05. The number of piperidine rings is 1. The van der Waals surface area contributed by atoms with Crippen LogP contribution in [0.3, 0.4) is 0 Å². The Morgan fingerprint density at radius 1 is 1.24 bits per heavy atom. The van der Waals surface area contributed by atoms with Crippen LogP contribution in [0.25, 0.3) is 0 Å². The molecule has 3 saturated heterocycles. The Hall–Kier alpha value is -1.73. The first-order chi connectivity index (χ1) is 16.5. The lowest BCUT2D eigenvalue weighted by molar-refractivity contribution is -0.134. The maximum atomic E-state index is 12.6. The van der Waals surface area contributed by atoms with Gasteiger partial charge in [-0.3, -0.25) is 4.79 Å². The fourth-order valence-electron chi connectivity index (χ4n) is 7.68. The van der Waals surface area contributed by atoms with Gasteiger partial charge in [0, 0.05) is 28.9 Å². The summed E-state index contributed by atoms with van der Waals surface area (Å²) in [5, 5.41) is 6.48. The molecule has 1 aromatic rings. The van der Waals surface area contributed by atoms with E-state index in [2.05, 4.69) is 34.7 Å². The average molecular weight is 484 g/mol. The molecular formula is C27H37N3O3S. The minimum atomic E-state index is -0.123. The number of carbonyl (C=O) groups excluding carboxylic acids is 2. The zero-order valence-corrected chi connectivity index (χ0v) is 21.0. The van der Waals surface area contributed by atoms with Gasteiger partial charge < -0.3 is 20.3 Å². The molecule has 3 heterocycles. The lowest BCUT2D eigenvalue weighted by atomic mass is 9.52. The van der Waals surface area contributed by atoms with Crippen molar-refractivity contribution in [3.8, 4) is 5.75 Å². The summed E-state index contributed by atoms with van der Waals surface area (Å²) in [6, 6.07) is 7.59. The van der Waals surface area contributed by atoms with Crippen LogP contribution < -0.4 is 15.4 Å². The van der Waals surface area contributed by atoms with Gasteiger partial charge in [0.05, 0.1) is 12.1 Å². The van der Waals surface area contributed by atoms with Gasteiger partial charge in [-0.25, -0.2) is 4.79 Å². The number of benzene rings is 1. The molecule has 0 radical (unpaired) electrons. The molecule has 184 valence electrons. The molecule has 7 heteroatoms. The highest BCUT2D eigenvalue weighted by atomic mass is 32.2. The van der Waals surface area contributed by atoms with E-state index >= 15 is 0 Å². The number of rotatable bonds is 6. The van der Waals surface area contributed by atoms with Crippen molar-refractivity contribution in [3.05, 3.63) is 29.3 Å². The number of thioether (sulfide) groups is 1. The summed E-state index contributed by atoms with van der Waals surface area (Å²) < 4.78 is 5.85. The van der Waals surface area contributed by atoms with Crippen molar-refractivity contribution in [3.63, 3.8) is 0 Å². The van der Waals surface area contributed by atoms with E-state index in [0.29, 0.717) is 17.7 Å². The molecule has 4 fully saturated rings. The van der Waals surface area contributed by atoms with E-state index in [1.165, 1.54) is 49.8 Å². The van der Waals surface area contributed by atoms with Crippen molar-refractivity contribution >= 4 is 23.8 Å². The van der Waals surface area contributed by atoms with Crippen molar-refractivity contribution in [2.24, 2.45) is 5.92 Å². The van der Waals surface area contributed by atoms with E-state index in [9.17, 15) is 9.59 Å². The molecule has 1 saturated carbocycles. The van der Waals surface area contributed by atoms with Gasteiger partial charge in [-0.05, 0) is 81.3 Å². The summed E-state index contributed by atoms with van der Waals surface area (Å²) in [5.74, 6) is 2.33. The molecule has 5 aliphatic rings. The first-order valence-electron chi connectivity index (χ1n) is 13.3. The number of unbranched alkanes of at least 4 members (excludes halogenated alkanes) is 1. The predicted octanol–water partition coefficient (Wildman–Crippen LogP) is 4.01. The van der Waals surface area contributed by atoms with Crippen LogP contribution in [-0.4, -0.2) is 59.6 Å². The molecule has 6 rings (SSSR count). The quantitative estimate of drug-likeness (QED) is 0.277. The van der Waals surface area contributed by atoms with E-state index in [1.807, 2.05) is 17.8 Å². The third kappa shape index (κ3) is 3.93. The number of fused-ring (bicyclic) bond motifs is 2. The van der Waals surface area contributed by atoms with Crippen LogP contribution in [0.15, 0.2) is 18.2 Å². The minimum absolute atomic E-state index is 0.0382. The van der Waals surface area contributed by atoms with Crippen LogP contribution in [0.2, 0.25) is 0 Å². The SMILES string of the molecule is CN1CC[C@]23CCCC[C@H]2[C@H]1Cc1ccc(OC(=O)CCCCC2SCC4NC(=O)NC42)cc13. The molecule has 2 bridgehead atoms. The molecule has 2 amide bonds. The van der Waals surface area contributed by atoms with Crippen LogP contribution in [0.4, 0.5) is 4.79 Å². The number of nitrogens with one attached hydrogen (secondary N) is 2. The molecule has 3 aliphatic heterocycles. The molecule has 1 aromatic carbocycles. The number of carbonyl (C=O) groups is 2. The summed E-state index contributed by atoms with van der Waals surface area (Å²) in [6.07, 6.45) is 10.9. The van der Waals surface area contributed by atoms with E-state index in [4.69, 9.17) is 4.74 Å². The largest absolute Gasteiger partial charge is 0.427 e. The van der Waals surface area contributed by atoms with Crippen molar-refractivity contribution in [1.82, 2.24) is 15.5 Å². The van der Waals surface area contributed by atoms with Gasteiger partial charge in [-0.2, -0.15) is 11.8 Å². The maximum absolute atomic E-state index is 12.6. The molecule has 6 nitrogen and oxygen atoms in total. The Labute approximate surface area is 206 Å². The third-order valence-electron chi connectivity index (χ3n) is 9.38. The van der Waals surface area contributed by atoms with Gasteiger partial charge in [0.15, 0.2) is 0 Å². The van der Waals surface area contributed by atoms with Crippen LogP contribution in [0.5, 0.6) is 5.75 Å². The Morgan fingerprint density at radius 2 is 2.15 bits per heavy atom. The van der Waals surface area contributed by atoms with Crippen LogP contribution in [0, 0.1) is 5.92 Å². The van der Waals surface area contributed by atoms with Gasteiger partial charge in [-0.1, -0.05) is 25.3 Å². The Morgan fingerprint density at radius 3 is 3.06 bits per heavy atom. The molecule has 2 aliphatic carbocycles. The zero-order valence-electron chi connectivity index (χ0n) is 20.2. The fourth-order valence-corrected chi connectivity index (χ4v) is 9.22. The van der Waals surface area contributed by atoms with Crippen LogP contribution in [-0.2, 0) is 16.6 Å². The van der Waals surface area contributed by atoms with Crippen molar-refractivity contribution in [2.45, 2.75) is 93.0 Å². The molecule has 0 aromatic heterocycles. The van der Waals surface area contributed by atoms with Crippen molar-refractivity contribution in [2.75, 3.05) is 19.3 Å². The number of hydrogen-bond donors (Lipinski definition) is 2. The highest BCUT2D eigenvalue weighted by Gasteiger charge is 2.53. The number of esters is 1. The molecular weight excluding hydrogens is 446 g/mol. The monoisotopic (exact) mass is 483 g/mol. The highest BCUT2D eigenvalue weighted by molar-refractivity contribution is 8.00. The summed E-state index contributed by atoms with van der Waals surface area (Å²) in [4.78, 5) is 26.8. The highest BCUT2D eigenvalue weighted by Crippen LogP contribution is 2.56. The van der Waals surface area contributed by atoms with Gasteiger partial charge in [0.2, 0.25) is 0 Å². The summed E-state index contributed by atoms with van der Waals surface area (Å²) in [7, 11) is 2.30. The second-order valence-electron chi connectivity index (χ2n) is 11.2. The number of urea groups is 1. The normalized spacial score (nSPS) is 36.1. The smallest absolute Gasteiger partial charge is 0.315 e. The lowest BCUT2D eigenvalue weighted by Gasteiger charge is -2.58. The Balaban J connectivity index is 1.06. The zero-order chi connectivity index (χ0) is 23.3. The minimum Gasteiger partial charge on any atom is -0.427 e. The lowest BCUT2D eigenvalue weighted by Crippen LogP contribution is -2.59. The van der Waals surface area contributed by atoms with Gasteiger partial charge >= 0.3 is 12.0 Å². The van der Waals surface area contributed by atoms with E-state index in [0.717, 1.165) is 43.1 Å². The van der Waals surface area contributed by atoms with Gasteiger partial charge in [0.1, 0.15) is 5.75 Å². The Bertz CT molecular complexity index is 970. The number of nitrogens with zero attached hydrogens (tertiary/aromatic N) is 1. The molecule has 2 N–H and O–H groups in total. The van der Waals surface area contributed by atoms with Crippen LogP contribution in [0.1, 0.15) is 68.9 Å². The Kier molecular flexibility index (Phi) is 6.05. The summed E-state index contributed by atoms with van der Waals surface area (Å²) >= 11 is 1.93. The third-order valence-corrected chi connectivity index (χ3v) is 10.9. The number of ether oxygens (including phenoxy) is 1. The molecule has 3 unspecified atom stereocenters. The molecule has 34 heavy (non-hydrogen) atoms. The first-order valence-corrected chi connectivity index (χ1v) is 14.3. The van der Waals surface area contributed by atoms with E-state index in [-0.39, 0.29) is 29.5 Å². The van der Waals surface area contributed by atoms with Gasteiger partial charge in [0.25, 0.3) is 0 Å². The van der Waals surface area contributed by atoms with E-state index < -0.39 is 0 Å². The van der Waals surface area contributed by atoms with Crippen molar-refractivity contribution in [1.29, 1.82) is 0 Å². The standard InChI is InChI=1S/C27H37N3O3S/c1-30-13-12-27-11-5-4-6-19(27)22(30)14-17-9-10-18(15-20(17)27)33-24(31)8-3-2-7-23-25-21(16-34-23)28-26(32)29-25/h9-10,15,19,21-23,25H,2-8,11-14,16H2,1H3,(H2,28,29,32)/t19-,21?,22+,23?,25?,27+/m0/s1. The summed E-state index contributed by atoms with van der Waals surface area (Å²) in [6.45, 7) is 1.17. The number of likely N-dealkylation sites (tertiary alicyclic amines) is 1. The second-order valence-corrected chi connectivity index (χ2v) is 12.4. The van der Waals surface area contributed by atoms with Gasteiger partial charge in [-0.15, -0.1) is 0 Å². The number of amides is 2. The fraction of sp³-hybridized carbons (Fsp3) is 0.704. The molecule has 6 atom stereocenters.